The van der Waals surface area contributed by atoms with E-state index in [1.54, 1.807) is 6.92 Å². The van der Waals surface area contributed by atoms with E-state index in [1.807, 2.05) is 0 Å². The van der Waals surface area contributed by atoms with Gasteiger partial charge in [0.2, 0.25) is 0 Å². The van der Waals surface area contributed by atoms with Gasteiger partial charge in [-0.15, -0.1) is 0 Å². The molecule has 1 N–H and O–H groups in total. The van der Waals surface area contributed by atoms with Crippen LogP contribution < -0.4 is 0 Å². The van der Waals surface area contributed by atoms with E-state index in [9.17, 15) is 19.5 Å². The molecule has 0 aromatic heterocycles. The van der Waals surface area contributed by atoms with E-state index in [0.717, 1.165) is 25.7 Å². The van der Waals surface area contributed by atoms with Crippen molar-refractivity contribution in [2.75, 3.05) is 26.3 Å². The quantitative estimate of drug-likeness (QED) is 0.363. The number of ether oxygens (including phenoxy) is 2. The molecule has 0 bridgehead atoms. The Morgan fingerprint density at radius 1 is 1.25 bits per heavy atom. The predicted octanol–water partition coefficient (Wildman–Crippen LogP) is 1.05. The van der Waals surface area contributed by atoms with Crippen LogP contribution in [0.5, 0.6) is 0 Å². The first-order valence-corrected chi connectivity index (χ1v) is 8.40. The first-order valence-electron chi connectivity index (χ1n) is 8.40. The van der Waals surface area contributed by atoms with E-state index in [4.69, 9.17) is 9.47 Å². The van der Waals surface area contributed by atoms with Gasteiger partial charge < -0.3 is 19.5 Å². The van der Waals surface area contributed by atoms with Gasteiger partial charge in [0.1, 0.15) is 18.6 Å². The lowest BCUT2D eigenvalue weighted by Gasteiger charge is -2.15. The molecule has 1 saturated heterocycles. The molecule has 7 heteroatoms. The first-order chi connectivity index (χ1) is 11.4. The van der Waals surface area contributed by atoms with Crippen LogP contribution in [-0.2, 0) is 23.9 Å². The van der Waals surface area contributed by atoms with Crippen molar-refractivity contribution in [3.8, 4) is 0 Å². The van der Waals surface area contributed by atoms with E-state index < -0.39 is 29.9 Å². The van der Waals surface area contributed by atoms with Gasteiger partial charge in [-0.25, -0.2) is 4.79 Å². The van der Waals surface area contributed by atoms with Crippen molar-refractivity contribution in [1.82, 2.24) is 4.90 Å². The zero-order valence-electron chi connectivity index (χ0n) is 14.5. The van der Waals surface area contributed by atoms with Crippen LogP contribution in [0, 0.1) is 5.92 Å². The topological polar surface area (TPSA) is 93.1 Å². The number of carbonyl (C=O) groups is 3. The molecule has 1 aliphatic heterocycles. The van der Waals surface area contributed by atoms with E-state index in [0.29, 0.717) is 6.54 Å². The molecule has 1 heterocycles. The molecule has 0 aromatic rings. The first kappa shape index (κ1) is 20.2. The highest BCUT2D eigenvalue weighted by Crippen LogP contribution is 2.21. The number of esters is 2. The number of likely N-dealkylation sites (tertiary alicyclic amines) is 1. The molecule has 7 nitrogen and oxygen atoms in total. The third-order valence-electron chi connectivity index (χ3n) is 3.90. The summed E-state index contributed by atoms with van der Waals surface area (Å²) in [6.07, 6.45) is 2.64. The third kappa shape index (κ3) is 5.63. The molecule has 24 heavy (non-hydrogen) atoms. The summed E-state index contributed by atoms with van der Waals surface area (Å²) in [7, 11) is 0. The van der Waals surface area contributed by atoms with Gasteiger partial charge in [-0.2, -0.15) is 0 Å². The fraction of sp³-hybridized carbons (Fsp3) is 0.706. The fourth-order valence-electron chi connectivity index (χ4n) is 2.48. The number of nitrogens with zero attached hydrogens (tertiary/aromatic N) is 1. The maximum atomic E-state index is 12.1. The number of unbranched alkanes of at least 4 members (excludes halogenated alkanes) is 3. The lowest BCUT2D eigenvalue weighted by molar-refractivity contribution is -0.152. The van der Waals surface area contributed by atoms with Crippen molar-refractivity contribution in [2.24, 2.45) is 5.92 Å². The number of hydrogen-bond donors (Lipinski definition) is 1. The van der Waals surface area contributed by atoms with Gasteiger partial charge in [-0.1, -0.05) is 32.8 Å². The Balaban J connectivity index is 2.45. The van der Waals surface area contributed by atoms with Crippen LogP contribution in [0.2, 0.25) is 0 Å². The number of rotatable bonds is 10. The van der Waals surface area contributed by atoms with Crippen molar-refractivity contribution < 1.29 is 29.0 Å². The second-order valence-corrected chi connectivity index (χ2v) is 5.83. The van der Waals surface area contributed by atoms with Gasteiger partial charge in [0.25, 0.3) is 5.91 Å². The summed E-state index contributed by atoms with van der Waals surface area (Å²) in [6, 6.07) is 0. The zero-order valence-corrected chi connectivity index (χ0v) is 14.5. The zero-order chi connectivity index (χ0) is 18.1. The van der Waals surface area contributed by atoms with Gasteiger partial charge in [0.15, 0.2) is 0 Å². The average Bonchev–Trinajstić information content (AvgIpc) is 2.85. The highest BCUT2D eigenvalue weighted by Gasteiger charge is 2.43. The normalized spacial score (nSPS) is 20.1. The van der Waals surface area contributed by atoms with Gasteiger partial charge in [0, 0.05) is 13.1 Å². The molecule has 0 aromatic carbocycles. The summed E-state index contributed by atoms with van der Waals surface area (Å²) in [5, 5.41) is 9.95. The second-order valence-electron chi connectivity index (χ2n) is 5.83. The number of hydrogen-bond acceptors (Lipinski definition) is 6. The molecule has 1 fully saturated rings. The van der Waals surface area contributed by atoms with Crippen molar-refractivity contribution >= 4 is 17.8 Å². The molecule has 0 saturated carbocycles. The SMILES string of the molecule is C=C(COC(=O)[C@@H]1CN(CCCCCC)C(=O)[C@H]1O)C(=O)OCC. The lowest BCUT2D eigenvalue weighted by Crippen LogP contribution is -2.31. The van der Waals surface area contributed by atoms with Crippen molar-refractivity contribution in [2.45, 2.75) is 45.6 Å². The van der Waals surface area contributed by atoms with Crippen molar-refractivity contribution in [3.05, 3.63) is 12.2 Å². The van der Waals surface area contributed by atoms with Crippen LogP contribution in [0.15, 0.2) is 12.2 Å². The fourth-order valence-corrected chi connectivity index (χ4v) is 2.48. The van der Waals surface area contributed by atoms with Crippen LogP contribution in [0.4, 0.5) is 0 Å². The summed E-state index contributed by atoms with van der Waals surface area (Å²) < 4.78 is 9.73. The van der Waals surface area contributed by atoms with Crippen LogP contribution in [0.3, 0.4) is 0 Å². The Bertz CT molecular complexity index is 476. The van der Waals surface area contributed by atoms with Crippen molar-refractivity contribution in [3.63, 3.8) is 0 Å². The Morgan fingerprint density at radius 3 is 2.58 bits per heavy atom. The highest BCUT2D eigenvalue weighted by atomic mass is 16.5. The second kappa shape index (κ2) is 10.1. The Morgan fingerprint density at radius 2 is 1.96 bits per heavy atom. The number of carbonyl (C=O) groups excluding carboxylic acids is 3. The minimum absolute atomic E-state index is 0.0143. The summed E-state index contributed by atoms with van der Waals surface area (Å²) >= 11 is 0. The van der Waals surface area contributed by atoms with Gasteiger partial charge in [-0.05, 0) is 13.3 Å². The number of aliphatic hydroxyl groups excluding tert-OH is 1. The molecule has 1 aliphatic rings. The molecule has 2 atom stereocenters. The maximum absolute atomic E-state index is 12.1. The summed E-state index contributed by atoms with van der Waals surface area (Å²) in [6.45, 7) is 7.79. The maximum Gasteiger partial charge on any atom is 0.336 e. The molecule has 1 rings (SSSR count). The molecule has 136 valence electrons. The standard InChI is InChI=1S/C17H27NO6/c1-4-6-7-8-9-18-10-13(14(19)15(18)20)17(22)24-11-12(3)16(21)23-5-2/h13-14,19H,3-11H2,1-2H3/t13-,14+/m1/s1. The molecule has 0 spiro atoms. The van der Waals surface area contributed by atoms with Crippen LogP contribution >= 0.6 is 0 Å². The summed E-state index contributed by atoms with van der Waals surface area (Å²) in [5.41, 5.74) is 0.0143. The smallest absolute Gasteiger partial charge is 0.336 e. The minimum atomic E-state index is -1.39. The average molecular weight is 341 g/mol. The monoisotopic (exact) mass is 341 g/mol. The largest absolute Gasteiger partial charge is 0.463 e. The van der Waals surface area contributed by atoms with Crippen LogP contribution in [-0.4, -0.2) is 60.3 Å². The lowest BCUT2D eigenvalue weighted by atomic mass is 10.1. The van der Waals surface area contributed by atoms with Crippen LogP contribution in [0.1, 0.15) is 39.5 Å². The predicted molar refractivity (Wildman–Crippen MR) is 87.0 cm³/mol. The summed E-state index contributed by atoms with van der Waals surface area (Å²) in [4.78, 5) is 36.9. The molecule has 0 unspecified atom stereocenters. The van der Waals surface area contributed by atoms with Gasteiger partial charge >= 0.3 is 11.9 Å². The molecule has 0 radical (unpaired) electrons. The summed E-state index contributed by atoms with van der Waals surface area (Å²) in [5.74, 6) is -2.72. The molecule has 0 aliphatic carbocycles. The molecular formula is C17H27NO6. The third-order valence-corrected chi connectivity index (χ3v) is 3.90. The van der Waals surface area contributed by atoms with Crippen molar-refractivity contribution in [1.29, 1.82) is 0 Å². The Kier molecular flexibility index (Phi) is 8.46. The minimum Gasteiger partial charge on any atom is -0.463 e. The van der Waals surface area contributed by atoms with Gasteiger partial charge in [-0.3, -0.25) is 9.59 Å². The molecular weight excluding hydrogens is 314 g/mol. The Hall–Kier alpha value is -1.89. The number of amides is 1. The number of aliphatic hydroxyl groups is 1. The van der Waals surface area contributed by atoms with Gasteiger partial charge in [0.05, 0.1) is 12.2 Å². The highest BCUT2D eigenvalue weighted by molar-refractivity contribution is 5.91. The molecule has 1 amide bonds. The van der Waals surface area contributed by atoms with E-state index in [1.165, 1.54) is 4.90 Å². The van der Waals surface area contributed by atoms with E-state index in [-0.39, 0.29) is 25.3 Å². The Labute approximate surface area is 142 Å². The van der Waals surface area contributed by atoms with Crippen LogP contribution in [0.25, 0.3) is 0 Å². The van der Waals surface area contributed by atoms with E-state index >= 15 is 0 Å². The van der Waals surface area contributed by atoms with E-state index in [2.05, 4.69) is 13.5 Å².